The molecule has 5 heteroatoms. The third-order valence-corrected chi connectivity index (χ3v) is 2.83. The van der Waals surface area contributed by atoms with Crippen LogP contribution in [0.25, 0.3) is 11.4 Å². The summed E-state index contributed by atoms with van der Waals surface area (Å²) in [6.45, 7) is 3.42. The molecule has 0 unspecified atom stereocenters. The molecular formula is C13H12F2N2O. The number of benzene rings is 1. The molecule has 0 aliphatic carbocycles. The van der Waals surface area contributed by atoms with Gasteiger partial charge in [-0.05, 0) is 13.8 Å². The Hall–Kier alpha value is -2.04. The van der Waals surface area contributed by atoms with Crippen LogP contribution in [0, 0.1) is 13.8 Å². The minimum Gasteiger partial charge on any atom is -0.306 e. The fourth-order valence-electron chi connectivity index (χ4n) is 1.57. The molecule has 0 spiro atoms. The van der Waals surface area contributed by atoms with E-state index in [4.69, 9.17) is 0 Å². The summed E-state index contributed by atoms with van der Waals surface area (Å²) in [5.74, 6) is 0.393. The Labute approximate surface area is 103 Å². The van der Waals surface area contributed by atoms with Crippen LogP contribution in [0.2, 0.25) is 0 Å². The summed E-state index contributed by atoms with van der Waals surface area (Å²) in [5.41, 5.74) is 1.54. The largest absolute Gasteiger partial charge is 0.306 e. The average Bonchev–Trinajstić information content (AvgIpc) is 2.35. The number of hydrogen-bond acceptors (Lipinski definition) is 2. The summed E-state index contributed by atoms with van der Waals surface area (Å²) in [5, 5.41) is 0. The van der Waals surface area contributed by atoms with Crippen molar-refractivity contribution < 1.29 is 8.78 Å². The van der Waals surface area contributed by atoms with Gasteiger partial charge >= 0.3 is 0 Å². The Balaban J connectivity index is 2.46. The van der Waals surface area contributed by atoms with Crippen LogP contribution in [0.5, 0.6) is 0 Å². The van der Waals surface area contributed by atoms with Crippen molar-refractivity contribution in [2.45, 2.75) is 20.3 Å². The number of nitrogens with zero attached hydrogens (tertiary/aromatic N) is 1. The van der Waals surface area contributed by atoms with E-state index in [9.17, 15) is 13.6 Å². The van der Waals surface area contributed by atoms with Crippen LogP contribution in [0.1, 0.15) is 23.2 Å². The van der Waals surface area contributed by atoms with E-state index in [1.807, 2.05) is 0 Å². The van der Waals surface area contributed by atoms with Gasteiger partial charge in [-0.3, -0.25) is 4.79 Å². The Morgan fingerprint density at radius 3 is 2.28 bits per heavy atom. The van der Waals surface area contributed by atoms with Crippen molar-refractivity contribution in [1.82, 2.24) is 9.97 Å². The fraction of sp³-hybridized carbons (Fsp3) is 0.231. The number of aromatic amines is 1. The van der Waals surface area contributed by atoms with Crippen LogP contribution in [-0.4, -0.2) is 9.97 Å². The van der Waals surface area contributed by atoms with E-state index in [1.165, 1.54) is 24.3 Å². The summed E-state index contributed by atoms with van der Waals surface area (Å²) in [4.78, 5) is 18.5. The molecule has 0 saturated heterocycles. The highest BCUT2D eigenvalue weighted by atomic mass is 19.3. The monoisotopic (exact) mass is 250 g/mol. The first-order valence-corrected chi connectivity index (χ1v) is 5.45. The van der Waals surface area contributed by atoms with Crippen molar-refractivity contribution in [3.63, 3.8) is 0 Å². The molecular weight excluding hydrogens is 238 g/mol. The molecule has 0 aliphatic heterocycles. The van der Waals surface area contributed by atoms with Gasteiger partial charge in [0.2, 0.25) is 0 Å². The second-order valence-electron chi connectivity index (χ2n) is 4.05. The van der Waals surface area contributed by atoms with Crippen LogP contribution in [0.3, 0.4) is 0 Å². The second-order valence-corrected chi connectivity index (χ2v) is 4.05. The molecule has 0 saturated carbocycles. The number of alkyl halides is 2. The summed E-state index contributed by atoms with van der Waals surface area (Å²) in [7, 11) is 0. The molecule has 0 radical (unpaired) electrons. The lowest BCUT2D eigenvalue weighted by molar-refractivity contribution is 0.151. The molecule has 2 aromatic rings. The van der Waals surface area contributed by atoms with E-state index in [-0.39, 0.29) is 11.1 Å². The first-order chi connectivity index (χ1) is 8.49. The van der Waals surface area contributed by atoms with Crippen LogP contribution in [-0.2, 0) is 0 Å². The van der Waals surface area contributed by atoms with Crippen molar-refractivity contribution in [1.29, 1.82) is 0 Å². The average molecular weight is 250 g/mol. The maximum absolute atomic E-state index is 12.4. The summed E-state index contributed by atoms with van der Waals surface area (Å²) >= 11 is 0. The summed E-state index contributed by atoms with van der Waals surface area (Å²) < 4.78 is 24.8. The number of hydrogen-bond donors (Lipinski definition) is 1. The molecule has 94 valence electrons. The lowest BCUT2D eigenvalue weighted by atomic mass is 10.1. The number of halogens is 2. The molecule has 0 aliphatic rings. The quantitative estimate of drug-likeness (QED) is 0.890. The van der Waals surface area contributed by atoms with E-state index < -0.39 is 6.43 Å². The molecule has 1 aromatic carbocycles. The molecule has 3 nitrogen and oxygen atoms in total. The molecule has 0 amide bonds. The Morgan fingerprint density at radius 2 is 1.78 bits per heavy atom. The molecule has 0 atom stereocenters. The van der Waals surface area contributed by atoms with Crippen molar-refractivity contribution >= 4 is 0 Å². The number of nitrogens with one attached hydrogen (secondary N) is 1. The molecule has 1 N–H and O–H groups in total. The van der Waals surface area contributed by atoms with Gasteiger partial charge in [0.25, 0.3) is 12.0 Å². The SMILES string of the molecule is Cc1nc(-c2ccc(C(F)F)cc2)[nH]c(=O)c1C. The van der Waals surface area contributed by atoms with Crippen LogP contribution in [0.15, 0.2) is 29.1 Å². The van der Waals surface area contributed by atoms with Crippen molar-refractivity contribution in [3.05, 3.63) is 51.4 Å². The van der Waals surface area contributed by atoms with Gasteiger partial charge in [0.15, 0.2) is 0 Å². The molecule has 0 bridgehead atoms. The van der Waals surface area contributed by atoms with Gasteiger partial charge in [0.1, 0.15) is 5.82 Å². The van der Waals surface area contributed by atoms with E-state index >= 15 is 0 Å². The van der Waals surface area contributed by atoms with Gasteiger partial charge < -0.3 is 4.98 Å². The van der Waals surface area contributed by atoms with Gasteiger partial charge in [0, 0.05) is 22.4 Å². The van der Waals surface area contributed by atoms with Crippen LogP contribution in [0.4, 0.5) is 8.78 Å². The maximum atomic E-state index is 12.4. The van der Waals surface area contributed by atoms with E-state index in [2.05, 4.69) is 9.97 Å². The standard InChI is InChI=1S/C13H12F2N2O/c1-7-8(2)16-12(17-13(7)18)10-5-3-9(4-6-10)11(14)15/h3-6,11H,1-2H3,(H,16,17,18). The molecule has 1 heterocycles. The number of H-pyrrole nitrogens is 1. The smallest absolute Gasteiger partial charge is 0.263 e. The van der Waals surface area contributed by atoms with Crippen molar-refractivity contribution in [3.8, 4) is 11.4 Å². The van der Waals surface area contributed by atoms with Gasteiger partial charge in [-0.2, -0.15) is 0 Å². The van der Waals surface area contributed by atoms with E-state index in [0.29, 0.717) is 22.6 Å². The molecule has 0 fully saturated rings. The van der Waals surface area contributed by atoms with Gasteiger partial charge in [-0.25, -0.2) is 13.8 Å². The Morgan fingerprint density at radius 1 is 1.17 bits per heavy atom. The van der Waals surface area contributed by atoms with Crippen LogP contribution >= 0.6 is 0 Å². The van der Waals surface area contributed by atoms with Gasteiger partial charge in [0.05, 0.1) is 0 Å². The maximum Gasteiger partial charge on any atom is 0.263 e. The number of aryl methyl sites for hydroxylation is 1. The van der Waals surface area contributed by atoms with Crippen LogP contribution < -0.4 is 5.56 Å². The lowest BCUT2D eigenvalue weighted by Crippen LogP contribution is -2.14. The summed E-state index contributed by atoms with van der Waals surface area (Å²) in [6, 6.07) is 5.70. The zero-order valence-corrected chi connectivity index (χ0v) is 10.00. The highest BCUT2D eigenvalue weighted by Gasteiger charge is 2.09. The first kappa shape index (κ1) is 12.4. The number of aromatic nitrogens is 2. The van der Waals surface area contributed by atoms with Crippen molar-refractivity contribution in [2.24, 2.45) is 0 Å². The van der Waals surface area contributed by atoms with Gasteiger partial charge in [-0.1, -0.05) is 24.3 Å². The Kier molecular flexibility index (Phi) is 3.23. The minimum atomic E-state index is -2.49. The first-order valence-electron chi connectivity index (χ1n) is 5.45. The van der Waals surface area contributed by atoms with Crippen molar-refractivity contribution in [2.75, 3.05) is 0 Å². The second kappa shape index (κ2) is 4.68. The topological polar surface area (TPSA) is 45.8 Å². The van der Waals surface area contributed by atoms with E-state index in [1.54, 1.807) is 13.8 Å². The predicted molar refractivity (Wildman–Crippen MR) is 64.7 cm³/mol. The third kappa shape index (κ3) is 2.30. The normalized spacial score (nSPS) is 10.9. The fourth-order valence-corrected chi connectivity index (χ4v) is 1.57. The summed E-state index contributed by atoms with van der Waals surface area (Å²) in [6.07, 6.45) is -2.49. The van der Waals surface area contributed by atoms with Gasteiger partial charge in [-0.15, -0.1) is 0 Å². The minimum absolute atomic E-state index is 0.0510. The molecule has 1 aromatic heterocycles. The zero-order chi connectivity index (χ0) is 13.3. The van der Waals surface area contributed by atoms with E-state index in [0.717, 1.165) is 0 Å². The Bertz CT molecular complexity index is 618. The highest BCUT2D eigenvalue weighted by Crippen LogP contribution is 2.22. The predicted octanol–water partition coefficient (Wildman–Crippen LogP) is 2.99. The zero-order valence-electron chi connectivity index (χ0n) is 10.00. The third-order valence-electron chi connectivity index (χ3n) is 2.83. The molecule has 2 rings (SSSR count). The molecule has 18 heavy (non-hydrogen) atoms. The number of rotatable bonds is 2. The lowest BCUT2D eigenvalue weighted by Gasteiger charge is -2.05. The highest BCUT2D eigenvalue weighted by molar-refractivity contribution is 5.55.